The molecule has 0 spiro atoms. The van der Waals surface area contributed by atoms with Crippen LogP contribution in [0.5, 0.6) is 0 Å². The molecule has 3 atom stereocenters. The van der Waals surface area contributed by atoms with E-state index in [0.29, 0.717) is 24.4 Å². The number of aliphatic hydroxyl groups excluding tert-OH is 1. The van der Waals surface area contributed by atoms with E-state index in [4.69, 9.17) is 4.74 Å². The molecule has 200 valence electrons. The molecule has 0 aliphatic carbocycles. The molecule has 0 bridgehead atoms. The number of carbonyl (C=O) groups excluding carboxylic acids is 3. The molecule has 3 amide bonds. The van der Waals surface area contributed by atoms with Crippen LogP contribution in [0.25, 0.3) is 5.70 Å². The summed E-state index contributed by atoms with van der Waals surface area (Å²) in [6, 6.07) is 16.8. The summed E-state index contributed by atoms with van der Waals surface area (Å²) < 4.78 is 5.59. The van der Waals surface area contributed by atoms with Crippen LogP contribution < -0.4 is 0 Å². The van der Waals surface area contributed by atoms with Gasteiger partial charge in [0.2, 0.25) is 17.7 Å². The van der Waals surface area contributed by atoms with Crippen molar-refractivity contribution < 1.29 is 24.2 Å². The molecule has 1 N–H and O–H groups in total. The number of hydrogen-bond acceptors (Lipinski definition) is 6. The summed E-state index contributed by atoms with van der Waals surface area (Å²) >= 11 is 0. The highest BCUT2D eigenvalue weighted by Crippen LogP contribution is 2.33. The van der Waals surface area contributed by atoms with Crippen LogP contribution in [0, 0.1) is 5.92 Å². The van der Waals surface area contributed by atoms with E-state index in [9.17, 15) is 19.5 Å². The summed E-state index contributed by atoms with van der Waals surface area (Å²) in [5.41, 5.74) is 1.86. The lowest BCUT2D eigenvalue weighted by Gasteiger charge is -2.47. The monoisotopic (exact) mass is 518 g/mol. The van der Waals surface area contributed by atoms with E-state index >= 15 is 0 Å². The second-order valence-electron chi connectivity index (χ2n) is 9.78. The normalized spacial score (nSPS) is 19.0. The van der Waals surface area contributed by atoms with Crippen LogP contribution in [0.15, 0.2) is 71.9 Å². The number of hydrogen-bond donors (Lipinski definition) is 1. The number of rotatable bonds is 8. The molecular weight excluding hydrogens is 484 g/mol. The van der Waals surface area contributed by atoms with Crippen molar-refractivity contribution in [2.45, 2.75) is 52.3 Å². The van der Waals surface area contributed by atoms with Crippen LogP contribution in [0.2, 0.25) is 0 Å². The minimum atomic E-state index is -1.28. The number of aliphatic imine (C=N–C) groups is 1. The Balaban J connectivity index is 1.90. The number of hydrazine groups is 1. The lowest BCUT2D eigenvalue weighted by Crippen LogP contribution is -2.64. The van der Waals surface area contributed by atoms with Crippen molar-refractivity contribution >= 4 is 29.3 Å². The Morgan fingerprint density at radius 1 is 1.08 bits per heavy atom. The molecule has 2 aliphatic heterocycles. The van der Waals surface area contributed by atoms with Gasteiger partial charge in [-0.2, -0.15) is 0 Å². The van der Waals surface area contributed by atoms with Crippen molar-refractivity contribution in [3.8, 4) is 0 Å². The summed E-state index contributed by atoms with van der Waals surface area (Å²) in [5.74, 6) is -1.27. The van der Waals surface area contributed by atoms with E-state index in [2.05, 4.69) is 4.99 Å². The van der Waals surface area contributed by atoms with Gasteiger partial charge in [-0.1, -0.05) is 74.5 Å². The first-order valence-electron chi connectivity index (χ1n) is 12.8. The fraction of sp³-hybridized carbons (Fsp3) is 0.379. The summed E-state index contributed by atoms with van der Waals surface area (Å²) in [6.07, 6.45) is 0.572. The summed E-state index contributed by atoms with van der Waals surface area (Å²) in [4.78, 5) is 46.1. The molecule has 9 heteroatoms. The van der Waals surface area contributed by atoms with E-state index in [1.807, 2.05) is 74.5 Å². The third-order valence-electron chi connectivity index (χ3n) is 6.68. The first kappa shape index (κ1) is 27.1. The molecule has 0 saturated heterocycles. The fourth-order valence-electron chi connectivity index (χ4n) is 4.96. The van der Waals surface area contributed by atoms with Gasteiger partial charge in [0, 0.05) is 25.6 Å². The van der Waals surface area contributed by atoms with Crippen LogP contribution in [-0.2, 0) is 25.5 Å². The topological polar surface area (TPSA) is 103 Å². The van der Waals surface area contributed by atoms with Crippen LogP contribution in [0.1, 0.15) is 38.8 Å². The predicted molar refractivity (Wildman–Crippen MR) is 143 cm³/mol. The predicted octanol–water partition coefficient (Wildman–Crippen LogP) is 2.86. The standard InChI is InChI=1S/C29H34N4O5/c1-19(2)26-29(37)33(25(18-31(26)20(3)34)23-13-9-6-10-14-23)32(21(4)35)24(17-22-11-7-5-8-12-22)27(36)28-30-15-16-38-28/h5-14,18-19,24,26-27,36H,15-17H2,1-4H3/t24-,26?,27?/m0/s1. The van der Waals surface area contributed by atoms with Crippen molar-refractivity contribution in [2.24, 2.45) is 10.9 Å². The van der Waals surface area contributed by atoms with E-state index in [0.717, 1.165) is 5.56 Å². The van der Waals surface area contributed by atoms with Gasteiger partial charge in [0.05, 0.1) is 18.3 Å². The highest BCUT2D eigenvalue weighted by molar-refractivity contribution is 5.98. The number of carbonyl (C=O) groups is 3. The molecule has 2 unspecified atom stereocenters. The Bertz CT molecular complexity index is 1230. The smallest absolute Gasteiger partial charge is 0.269 e. The Hall–Kier alpha value is -3.98. The maximum absolute atomic E-state index is 14.3. The Kier molecular flexibility index (Phi) is 8.26. The second kappa shape index (κ2) is 11.6. The third kappa shape index (κ3) is 5.47. The summed E-state index contributed by atoms with van der Waals surface area (Å²) in [5, 5.41) is 14.1. The van der Waals surface area contributed by atoms with E-state index < -0.39 is 30.0 Å². The Morgan fingerprint density at radius 2 is 1.71 bits per heavy atom. The van der Waals surface area contributed by atoms with Gasteiger partial charge in [0.25, 0.3) is 5.91 Å². The largest absolute Gasteiger partial charge is 0.477 e. The maximum atomic E-state index is 14.3. The lowest BCUT2D eigenvalue weighted by atomic mass is 9.96. The summed E-state index contributed by atoms with van der Waals surface area (Å²) in [6.45, 7) is 7.23. The van der Waals surface area contributed by atoms with Crippen molar-refractivity contribution in [3.05, 3.63) is 78.0 Å². The van der Waals surface area contributed by atoms with Crippen LogP contribution in [0.3, 0.4) is 0 Å². The Labute approximate surface area is 223 Å². The molecule has 9 nitrogen and oxygen atoms in total. The number of aliphatic hydroxyl groups is 1. The first-order chi connectivity index (χ1) is 18.2. The van der Waals surface area contributed by atoms with Gasteiger partial charge in [-0.05, 0) is 17.9 Å². The highest BCUT2D eigenvalue weighted by Gasteiger charge is 2.46. The lowest BCUT2D eigenvalue weighted by molar-refractivity contribution is -0.169. The van der Waals surface area contributed by atoms with Crippen molar-refractivity contribution in [3.63, 3.8) is 0 Å². The number of nitrogens with zero attached hydrogens (tertiary/aromatic N) is 4. The SMILES string of the molecule is CC(=O)N1C=C(c2ccccc2)N(N(C(C)=O)[C@@H](Cc2ccccc2)C(O)C2=NCCO2)C(=O)C1C(C)C. The minimum Gasteiger partial charge on any atom is -0.477 e. The van der Waals surface area contributed by atoms with Gasteiger partial charge < -0.3 is 14.7 Å². The average Bonchev–Trinajstić information content (AvgIpc) is 3.44. The number of ether oxygens (including phenoxy) is 1. The molecular formula is C29H34N4O5. The molecule has 38 heavy (non-hydrogen) atoms. The molecule has 0 fully saturated rings. The molecule has 0 aromatic heterocycles. The van der Waals surface area contributed by atoms with Gasteiger partial charge in [-0.25, -0.2) is 15.0 Å². The first-order valence-corrected chi connectivity index (χ1v) is 12.8. The zero-order valence-corrected chi connectivity index (χ0v) is 22.2. The fourth-order valence-corrected chi connectivity index (χ4v) is 4.96. The van der Waals surface area contributed by atoms with Gasteiger partial charge in [0.15, 0.2) is 6.10 Å². The van der Waals surface area contributed by atoms with Gasteiger partial charge >= 0.3 is 0 Å². The minimum absolute atomic E-state index is 0.137. The zero-order valence-electron chi connectivity index (χ0n) is 22.2. The Morgan fingerprint density at radius 3 is 2.24 bits per heavy atom. The molecule has 2 aromatic carbocycles. The van der Waals surface area contributed by atoms with Gasteiger partial charge in [-0.15, -0.1) is 0 Å². The van der Waals surface area contributed by atoms with Crippen molar-refractivity contribution in [1.82, 2.24) is 14.9 Å². The van der Waals surface area contributed by atoms with Crippen LogP contribution in [0.4, 0.5) is 0 Å². The zero-order chi connectivity index (χ0) is 27.4. The second-order valence-corrected chi connectivity index (χ2v) is 9.78. The average molecular weight is 519 g/mol. The van der Waals surface area contributed by atoms with Gasteiger partial charge in [0.1, 0.15) is 12.6 Å². The van der Waals surface area contributed by atoms with E-state index in [-0.39, 0.29) is 24.1 Å². The molecule has 0 radical (unpaired) electrons. The van der Waals surface area contributed by atoms with Gasteiger partial charge in [-0.3, -0.25) is 14.4 Å². The highest BCUT2D eigenvalue weighted by atomic mass is 16.5. The number of benzene rings is 2. The molecule has 2 aliphatic rings. The maximum Gasteiger partial charge on any atom is 0.269 e. The van der Waals surface area contributed by atoms with Crippen molar-refractivity contribution in [1.29, 1.82) is 0 Å². The number of amides is 3. The molecule has 2 heterocycles. The van der Waals surface area contributed by atoms with E-state index in [1.54, 1.807) is 6.20 Å². The molecule has 2 aromatic rings. The summed E-state index contributed by atoms with van der Waals surface area (Å²) in [7, 11) is 0. The molecule has 0 saturated carbocycles. The van der Waals surface area contributed by atoms with Crippen LogP contribution >= 0.6 is 0 Å². The van der Waals surface area contributed by atoms with Crippen molar-refractivity contribution in [2.75, 3.05) is 13.2 Å². The van der Waals surface area contributed by atoms with Crippen LogP contribution in [-0.4, -0.2) is 75.0 Å². The van der Waals surface area contributed by atoms with E-state index in [1.165, 1.54) is 28.8 Å². The molecule has 4 rings (SSSR count). The quantitative estimate of drug-likeness (QED) is 0.579. The third-order valence-corrected chi connectivity index (χ3v) is 6.68.